The number of hydrogen-bond donors (Lipinski definition) is 2. The molecule has 0 saturated carbocycles. The average Bonchev–Trinajstić information content (AvgIpc) is 2.53. The number of aliphatic imine (C=N–C) groups is 1. The molecule has 0 spiro atoms. The van der Waals surface area contributed by atoms with Crippen LogP contribution in [0.2, 0.25) is 0 Å². The Bertz CT molecular complexity index is 497. The highest BCUT2D eigenvalue weighted by Gasteiger charge is 2.06. The molecule has 0 fully saturated rings. The van der Waals surface area contributed by atoms with Crippen LogP contribution in [-0.4, -0.2) is 55.7 Å². The number of rotatable bonds is 8. The topological polar surface area (TPSA) is 56.7 Å². The van der Waals surface area contributed by atoms with Gasteiger partial charge >= 0.3 is 0 Å². The zero-order valence-electron chi connectivity index (χ0n) is 14.9. The predicted molar refractivity (Wildman–Crippen MR) is 114 cm³/mol. The van der Waals surface area contributed by atoms with E-state index >= 15 is 0 Å². The van der Waals surface area contributed by atoms with Gasteiger partial charge in [-0.1, -0.05) is 25.1 Å². The Hall–Kier alpha value is -0.960. The van der Waals surface area contributed by atoms with Gasteiger partial charge in [0, 0.05) is 43.8 Å². The molecule has 1 amide bonds. The number of nitrogens with zero attached hydrogens (tertiary/aromatic N) is 2. The van der Waals surface area contributed by atoms with Gasteiger partial charge in [0.2, 0.25) is 5.91 Å². The van der Waals surface area contributed by atoms with Gasteiger partial charge in [-0.05, 0) is 19.1 Å². The van der Waals surface area contributed by atoms with Crippen molar-refractivity contribution in [3.05, 3.63) is 30.3 Å². The normalized spacial score (nSPS) is 12.1. The van der Waals surface area contributed by atoms with Crippen LogP contribution in [0.1, 0.15) is 20.3 Å². The summed E-state index contributed by atoms with van der Waals surface area (Å²) in [5.41, 5.74) is 0. The van der Waals surface area contributed by atoms with Crippen LogP contribution < -0.4 is 10.6 Å². The van der Waals surface area contributed by atoms with Crippen molar-refractivity contribution in [1.82, 2.24) is 15.5 Å². The zero-order chi connectivity index (χ0) is 17.1. The lowest BCUT2D eigenvalue weighted by molar-refractivity contribution is -0.128. The second-order valence-electron chi connectivity index (χ2n) is 5.43. The third-order valence-electron chi connectivity index (χ3n) is 3.06. The lowest BCUT2D eigenvalue weighted by Crippen LogP contribution is -2.39. The van der Waals surface area contributed by atoms with Gasteiger partial charge in [0.05, 0.1) is 6.54 Å². The molecule has 0 radical (unpaired) electrons. The summed E-state index contributed by atoms with van der Waals surface area (Å²) in [6, 6.07) is 10.3. The second kappa shape index (κ2) is 13.3. The van der Waals surface area contributed by atoms with E-state index in [1.54, 1.807) is 19.0 Å². The van der Waals surface area contributed by atoms with Gasteiger partial charge in [0.15, 0.2) is 5.96 Å². The first kappa shape index (κ1) is 23.0. The van der Waals surface area contributed by atoms with E-state index in [0.717, 1.165) is 19.0 Å². The monoisotopic (exact) mass is 464 g/mol. The lowest BCUT2D eigenvalue weighted by Gasteiger charge is -2.14. The van der Waals surface area contributed by atoms with E-state index in [-0.39, 0.29) is 29.9 Å². The first-order valence-electron chi connectivity index (χ1n) is 7.97. The standard InChI is InChI=1S/C17H28N4OS.HI/c1-5-18-17(19-12-11-16(22)21(3)4)20-13-14(2)23-15-9-7-6-8-10-15;/h6-10,14H,5,11-13H2,1-4H3,(H2,18,19,20);1H. The first-order chi connectivity index (χ1) is 11.0. The Morgan fingerprint density at radius 1 is 1.25 bits per heavy atom. The van der Waals surface area contributed by atoms with E-state index in [4.69, 9.17) is 0 Å². The number of guanidine groups is 1. The highest BCUT2D eigenvalue weighted by Crippen LogP contribution is 2.22. The number of halogens is 1. The minimum absolute atomic E-state index is 0. The molecule has 1 atom stereocenters. The Morgan fingerprint density at radius 2 is 1.92 bits per heavy atom. The molecule has 0 aliphatic heterocycles. The summed E-state index contributed by atoms with van der Waals surface area (Å²) in [4.78, 5) is 19.0. The molecular formula is C17H29IN4OS. The van der Waals surface area contributed by atoms with Gasteiger partial charge in [0.25, 0.3) is 0 Å². The van der Waals surface area contributed by atoms with Gasteiger partial charge in [-0.15, -0.1) is 35.7 Å². The van der Waals surface area contributed by atoms with Crippen LogP contribution in [-0.2, 0) is 4.79 Å². The molecule has 0 aliphatic carbocycles. The Labute approximate surface area is 167 Å². The molecule has 0 heterocycles. The average molecular weight is 464 g/mol. The largest absolute Gasteiger partial charge is 0.357 e. The smallest absolute Gasteiger partial charge is 0.223 e. The molecule has 1 aromatic rings. The van der Waals surface area contributed by atoms with Crippen LogP contribution in [0.4, 0.5) is 0 Å². The SMILES string of the molecule is CCNC(=NCC(C)Sc1ccccc1)NCCC(=O)N(C)C.I. The minimum atomic E-state index is 0. The van der Waals surface area contributed by atoms with Crippen LogP contribution in [0.15, 0.2) is 40.2 Å². The molecule has 0 aromatic heterocycles. The van der Waals surface area contributed by atoms with Crippen molar-refractivity contribution in [2.75, 3.05) is 33.7 Å². The van der Waals surface area contributed by atoms with Crippen LogP contribution >= 0.6 is 35.7 Å². The summed E-state index contributed by atoms with van der Waals surface area (Å²) >= 11 is 1.81. The summed E-state index contributed by atoms with van der Waals surface area (Å²) in [6.07, 6.45) is 0.464. The van der Waals surface area contributed by atoms with Crippen molar-refractivity contribution in [2.24, 2.45) is 4.99 Å². The Morgan fingerprint density at radius 3 is 2.50 bits per heavy atom. The van der Waals surface area contributed by atoms with Crippen molar-refractivity contribution >= 4 is 47.6 Å². The van der Waals surface area contributed by atoms with E-state index in [1.165, 1.54) is 4.90 Å². The zero-order valence-corrected chi connectivity index (χ0v) is 18.1. The molecule has 0 saturated heterocycles. The van der Waals surface area contributed by atoms with Gasteiger partial charge < -0.3 is 15.5 Å². The maximum Gasteiger partial charge on any atom is 0.223 e. The van der Waals surface area contributed by atoms with Gasteiger partial charge in [-0.3, -0.25) is 9.79 Å². The fourth-order valence-electron chi connectivity index (χ4n) is 1.84. The van der Waals surface area contributed by atoms with Crippen molar-refractivity contribution < 1.29 is 4.79 Å². The third-order valence-corrected chi connectivity index (χ3v) is 4.16. The van der Waals surface area contributed by atoms with Gasteiger partial charge in [-0.2, -0.15) is 0 Å². The van der Waals surface area contributed by atoms with Crippen LogP contribution in [0.25, 0.3) is 0 Å². The van der Waals surface area contributed by atoms with E-state index in [0.29, 0.717) is 18.2 Å². The molecule has 1 aromatic carbocycles. The lowest BCUT2D eigenvalue weighted by atomic mass is 10.4. The molecule has 24 heavy (non-hydrogen) atoms. The molecule has 1 rings (SSSR count). The molecule has 0 bridgehead atoms. The number of hydrogen-bond acceptors (Lipinski definition) is 3. The summed E-state index contributed by atoms with van der Waals surface area (Å²) < 4.78 is 0. The minimum Gasteiger partial charge on any atom is -0.357 e. The summed E-state index contributed by atoms with van der Waals surface area (Å²) in [7, 11) is 3.54. The molecule has 2 N–H and O–H groups in total. The van der Waals surface area contributed by atoms with E-state index in [1.807, 2.05) is 36.9 Å². The first-order valence-corrected chi connectivity index (χ1v) is 8.85. The number of carbonyl (C=O) groups is 1. The second-order valence-corrected chi connectivity index (χ2v) is 6.94. The molecule has 5 nitrogen and oxygen atoms in total. The van der Waals surface area contributed by atoms with Crippen LogP contribution in [0.5, 0.6) is 0 Å². The maximum absolute atomic E-state index is 11.6. The molecule has 0 aliphatic rings. The summed E-state index contributed by atoms with van der Waals surface area (Å²) in [5.74, 6) is 0.876. The Balaban J connectivity index is 0.00000529. The number of thioether (sulfide) groups is 1. The third kappa shape index (κ3) is 10.0. The maximum atomic E-state index is 11.6. The summed E-state index contributed by atoms with van der Waals surface area (Å²) in [5, 5.41) is 6.80. The molecule has 7 heteroatoms. The van der Waals surface area contributed by atoms with Crippen molar-refractivity contribution in [2.45, 2.75) is 30.4 Å². The summed E-state index contributed by atoms with van der Waals surface area (Å²) in [6.45, 7) is 6.30. The quantitative estimate of drug-likeness (QED) is 0.269. The predicted octanol–water partition coefficient (Wildman–Crippen LogP) is 2.82. The van der Waals surface area contributed by atoms with Gasteiger partial charge in [-0.25, -0.2) is 0 Å². The van der Waals surface area contributed by atoms with E-state index in [9.17, 15) is 4.79 Å². The number of amides is 1. The number of carbonyl (C=O) groups excluding carboxylic acids is 1. The van der Waals surface area contributed by atoms with E-state index in [2.05, 4.69) is 34.7 Å². The van der Waals surface area contributed by atoms with Crippen LogP contribution in [0, 0.1) is 0 Å². The fraction of sp³-hybridized carbons (Fsp3) is 0.529. The van der Waals surface area contributed by atoms with Crippen molar-refractivity contribution in [3.8, 4) is 0 Å². The van der Waals surface area contributed by atoms with Crippen molar-refractivity contribution in [3.63, 3.8) is 0 Å². The van der Waals surface area contributed by atoms with Crippen molar-refractivity contribution in [1.29, 1.82) is 0 Å². The van der Waals surface area contributed by atoms with Gasteiger partial charge in [0.1, 0.15) is 0 Å². The van der Waals surface area contributed by atoms with Crippen LogP contribution in [0.3, 0.4) is 0 Å². The Kier molecular flexibility index (Phi) is 12.8. The highest BCUT2D eigenvalue weighted by molar-refractivity contribution is 14.0. The van der Waals surface area contributed by atoms with E-state index < -0.39 is 0 Å². The fourth-order valence-corrected chi connectivity index (χ4v) is 2.77. The molecule has 136 valence electrons. The molecular weight excluding hydrogens is 435 g/mol. The number of nitrogens with one attached hydrogen (secondary N) is 2. The highest BCUT2D eigenvalue weighted by atomic mass is 127. The molecule has 1 unspecified atom stereocenters. The number of benzene rings is 1.